The molecule has 1 aliphatic heterocycles. The summed E-state index contributed by atoms with van der Waals surface area (Å²) in [6.07, 6.45) is -4.49. The van der Waals surface area contributed by atoms with Gasteiger partial charge in [-0.2, -0.15) is 13.2 Å². The number of anilines is 1. The van der Waals surface area contributed by atoms with Gasteiger partial charge in [0.05, 0.1) is 5.92 Å². The average molecular weight is 328 g/mol. The van der Waals surface area contributed by atoms with Crippen LogP contribution in [0.3, 0.4) is 0 Å². The fourth-order valence-corrected chi connectivity index (χ4v) is 2.67. The van der Waals surface area contributed by atoms with Gasteiger partial charge < -0.3 is 9.80 Å². The molecule has 1 aromatic rings. The second-order valence-corrected chi connectivity index (χ2v) is 5.71. The molecule has 0 N–H and O–H groups in total. The molecule has 0 spiro atoms. The smallest absolute Gasteiger partial charge is 0.334 e. The zero-order valence-electron chi connectivity index (χ0n) is 13.1. The summed E-state index contributed by atoms with van der Waals surface area (Å²) in [7, 11) is 0. The van der Waals surface area contributed by atoms with Crippen LogP contribution in [-0.4, -0.2) is 42.5 Å². The van der Waals surface area contributed by atoms with Crippen LogP contribution in [0, 0.1) is 12.8 Å². The third-order valence-electron chi connectivity index (χ3n) is 3.88. The second kappa shape index (κ2) is 6.60. The second-order valence-electron chi connectivity index (χ2n) is 5.71. The van der Waals surface area contributed by atoms with Crippen molar-refractivity contribution < 1.29 is 22.8 Å². The Morgan fingerprint density at radius 2 is 1.91 bits per heavy atom. The number of carbonyl (C=O) groups excluding carboxylic acids is 2. The first-order chi connectivity index (χ1) is 10.7. The molecule has 0 saturated carbocycles. The van der Waals surface area contributed by atoms with E-state index in [1.165, 1.54) is 11.8 Å². The van der Waals surface area contributed by atoms with Crippen LogP contribution in [0.2, 0.25) is 0 Å². The third kappa shape index (κ3) is 4.24. The predicted molar refractivity (Wildman–Crippen MR) is 79.9 cm³/mol. The lowest BCUT2D eigenvalue weighted by Crippen LogP contribution is -2.42. The van der Waals surface area contributed by atoms with Crippen LogP contribution in [0.1, 0.15) is 18.9 Å². The van der Waals surface area contributed by atoms with E-state index in [4.69, 9.17) is 0 Å². The van der Waals surface area contributed by atoms with Crippen molar-refractivity contribution in [3.63, 3.8) is 0 Å². The number of nitrogens with zero attached hydrogens (tertiary/aromatic N) is 2. The van der Waals surface area contributed by atoms with Crippen LogP contribution in [0.15, 0.2) is 24.3 Å². The highest BCUT2D eigenvalue weighted by Gasteiger charge is 2.40. The van der Waals surface area contributed by atoms with Crippen LogP contribution in [-0.2, 0) is 9.59 Å². The van der Waals surface area contributed by atoms with E-state index >= 15 is 0 Å². The van der Waals surface area contributed by atoms with Crippen molar-refractivity contribution >= 4 is 17.5 Å². The molecule has 1 atom stereocenters. The fraction of sp³-hybridized carbons (Fsp3) is 0.500. The first-order valence-electron chi connectivity index (χ1n) is 7.44. The Balaban J connectivity index is 2.09. The van der Waals surface area contributed by atoms with Crippen molar-refractivity contribution in [2.45, 2.75) is 26.4 Å². The minimum Gasteiger partial charge on any atom is -0.334 e. The highest BCUT2D eigenvalue weighted by atomic mass is 19.4. The normalized spacial score (nSPS) is 18.4. The third-order valence-corrected chi connectivity index (χ3v) is 3.88. The van der Waals surface area contributed by atoms with E-state index in [0.29, 0.717) is 5.69 Å². The van der Waals surface area contributed by atoms with Gasteiger partial charge in [-0.05, 0) is 26.0 Å². The number of hydrogen-bond donors (Lipinski definition) is 0. The molecule has 0 bridgehead atoms. The summed E-state index contributed by atoms with van der Waals surface area (Å²) in [5.41, 5.74) is 1.70. The molecule has 0 aliphatic carbocycles. The number of halogens is 3. The minimum absolute atomic E-state index is 0.0342. The van der Waals surface area contributed by atoms with Gasteiger partial charge >= 0.3 is 6.18 Å². The average Bonchev–Trinajstić information content (AvgIpc) is 2.86. The van der Waals surface area contributed by atoms with Gasteiger partial charge in [-0.15, -0.1) is 0 Å². The number of carbonyl (C=O) groups is 2. The molecule has 4 nitrogen and oxygen atoms in total. The summed E-state index contributed by atoms with van der Waals surface area (Å²) < 4.78 is 37.6. The number of aryl methyl sites for hydroxylation is 1. The zero-order chi connectivity index (χ0) is 17.2. The Hall–Kier alpha value is -2.05. The summed E-state index contributed by atoms with van der Waals surface area (Å²) >= 11 is 0. The molecule has 1 aliphatic rings. The number of rotatable bonds is 4. The Bertz CT molecular complexity index is 584. The largest absolute Gasteiger partial charge is 0.406 e. The van der Waals surface area contributed by atoms with Gasteiger partial charge in [0, 0.05) is 25.2 Å². The number of alkyl halides is 3. The van der Waals surface area contributed by atoms with Gasteiger partial charge in [0.1, 0.15) is 6.54 Å². The fourth-order valence-electron chi connectivity index (χ4n) is 2.67. The van der Waals surface area contributed by atoms with Crippen LogP contribution < -0.4 is 4.90 Å². The molecule has 1 unspecified atom stereocenters. The van der Waals surface area contributed by atoms with E-state index in [2.05, 4.69) is 0 Å². The molecule has 1 fully saturated rings. The maximum absolute atomic E-state index is 12.5. The molecule has 0 radical (unpaired) electrons. The lowest BCUT2D eigenvalue weighted by Gasteiger charge is -2.25. The van der Waals surface area contributed by atoms with E-state index in [0.717, 1.165) is 10.5 Å². The predicted octanol–water partition coefficient (Wildman–Crippen LogP) is 2.76. The van der Waals surface area contributed by atoms with Crippen LogP contribution >= 0.6 is 0 Å². The zero-order valence-corrected chi connectivity index (χ0v) is 13.1. The molecule has 7 heteroatoms. The number of amides is 2. The van der Waals surface area contributed by atoms with Gasteiger partial charge in [-0.3, -0.25) is 9.59 Å². The van der Waals surface area contributed by atoms with Crippen LogP contribution in [0.25, 0.3) is 0 Å². The first-order valence-corrected chi connectivity index (χ1v) is 7.44. The molecule has 0 aromatic heterocycles. The number of benzene rings is 1. The van der Waals surface area contributed by atoms with Crippen LogP contribution in [0.5, 0.6) is 0 Å². The highest BCUT2D eigenvalue weighted by Crippen LogP contribution is 2.27. The summed E-state index contributed by atoms with van der Waals surface area (Å²) in [5, 5.41) is 0. The summed E-state index contributed by atoms with van der Waals surface area (Å²) in [5.74, 6) is -1.59. The number of hydrogen-bond acceptors (Lipinski definition) is 2. The van der Waals surface area contributed by atoms with Crippen LogP contribution in [0.4, 0.5) is 18.9 Å². The highest BCUT2D eigenvalue weighted by molar-refractivity contribution is 6.00. The molecule has 1 heterocycles. The van der Waals surface area contributed by atoms with E-state index < -0.39 is 24.5 Å². The maximum Gasteiger partial charge on any atom is 0.406 e. The van der Waals surface area contributed by atoms with Crippen molar-refractivity contribution in [1.29, 1.82) is 0 Å². The molecule has 2 amide bonds. The molecule has 2 rings (SSSR count). The van der Waals surface area contributed by atoms with Crippen molar-refractivity contribution in [2.75, 3.05) is 24.5 Å². The van der Waals surface area contributed by atoms with E-state index in [1.54, 1.807) is 12.1 Å². The van der Waals surface area contributed by atoms with Crippen molar-refractivity contribution in [3.05, 3.63) is 29.8 Å². The van der Waals surface area contributed by atoms with Crippen molar-refractivity contribution in [1.82, 2.24) is 4.90 Å². The van der Waals surface area contributed by atoms with E-state index in [1.807, 2.05) is 19.1 Å². The molecular formula is C16H19F3N2O2. The summed E-state index contributed by atoms with van der Waals surface area (Å²) in [6, 6.07) is 7.24. The van der Waals surface area contributed by atoms with E-state index in [9.17, 15) is 22.8 Å². The molecule has 1 saturated heterocycles. The van der Waals surface area contributed by atoms with Gasteiger partial charge in [0.25, 0.3) is 0 Å². The van der Waals surface area contributed by atoms with Gasteiger partial charge in [-0.1, -0.05) is 17.7 Å². The lowest BCUT2D eigenvalue weighted by atomic mass is 10.1. The lowest BCUT2D eigenvalue weighted by molar-refractivity contribution is -0.163. The Labute approximate surface area is 132 Å². The van der Waals surface area contributed by atoms with Gasteiger partial charge in [0.15, 0.2) is 0 Å². The summed E-state index contributed by atoms with van der Waals surface area (Å²) in [6.45, 7) is 2.22. The maximum atomic E-state index is 12.5. The topological polar surface area (TPSA) is 40.6 Å². The van der Waals surface area contributed by atoms with Crippen molar-refractivity contribution in [3.8, 4) is 0 Å². The monoisotopic (exact) mass is 328 g/mol. The standard InChI is InChI=1S/C16H19F3N2O2/c1-3-20(10-16(17,18)19)15(23)12-8-14(22)21(9-12)13-6-4-11(2)5-7-13/h4-7,12H,3,8-10H2,1-2H3. The van der Waals surface area contributed by atoms with Crippen molar-refractivity contribution in [2.24, 2.45) is 5.92 Å². The molecule has 1 aromatic carbocycles. The van der Waals surface area contributed by atoms with E-state index in [-0.39, 0.29) is 25.4 Å². The van der Waals surface area contributed by atoms with Gasteiger partial charge in [0.2, 0.25) is 11.8 Å². The Kier molecular flexibility index (Phi) is 4.97. The molecule has 126 valence electrons. The molecular weight excluding hydrogens is 309 g/mol. The SMILES string of the molecule is CCN(CC(F)(F)F)C(=O)C1CC(=O)N(c2ccc(C)cc2)C1. The quantitative estimate of drug-likeness (QED) is 0.853. The van der Waals surface area contributed by atoms with Gasteiger partial charge in [-0.25, -0.2) is 0 Å². The summed E-state index contributed by atoms with van der Waals surface area (Å²) in [4.78, 5) is 26.6. The Morgan fingerprint density at radius 3 is 2.43 bits per heavy atom. The Morgan fingerprint density at radius 1 is 1.30 bits per heavy atom. The minimum atomic E-state index is -4.44. The first kappa shape index (κ1) is 17.3. The molecule has 23 heavy (non-hydrogen) atoms.